The van der Waals surface area contributed by atoms with E-state index >= 15 is 0 Å². The van der Waals surface area contributed by atoms with Crippen molar-refractivity contribution in [3.8, 4) is 5.75 Å². The molecule has 6 heteroatoms. The van der Waals surface area contributed by atoms with Crippen molar-refractivity contribution in [2.45, 2.75) is 19.3 Å². The van der Waals surface area contributed by atoms with Crippen LogP contribution in [0.4, 0.5) is 14.5 Å². The van der Waals surface area contributed by atoms with Gasteiger partial charge < -0.3 is 10.1 Å². The Bertz CT molecular complexity index is 865. The number of fused-ring (bicyclic) bond motifs is 1. The number of carbonyl (C=O) groups is 1. The Balaban J connectivity index is 1.42. The fourth-order valence-electron chi connectivity index (χ4n) is 3.27. The Kier molecular flexibility index (Phi) is 4.42. The minimum atomic E-state index is -1.95. The van der Waals surface area contributed by atoms with Crippen LogP contribution in [0, 0.1) is 5.82 Å². The molecule has 1 N–H and O–H groups in total. The first-order valence-corrected chi connectivity index (χ1v) is 8.50. The molecule has 1 amide bonds. The van der Waals surface area contributed by atoms with Crippen molar-refractivity contribution in [1.82, 2.24) is 4.90 Å². The van der Waals surface area contributed by atoms with Crippen LogP contribution in [-0.4, -0.2) is 30.3 Å². The molecule has 0 aliphatic carbocycles. The van der Waals surface area contributed by atoms with E-state index in [1.165, 1.54) is 17.7 Å². The van der Waals surface area contributed by atoms with Crippen molar-refractivity contribution in [1.29, 1.82) is 0 Å². The summed E-state index contributed by atoms with van der Waals surface area (Å²) >= 11 is 0. The monoisotopic (exact) mass is 356 g/mol. The van der Waals surface area contributed by atoms with Gasteiger partial charge in [-0.15, -0.1) is 0 Å². The van der Waals surface area contributed by atoms with Gasteiger partial charge in [-0.05, 0) is 47.4 Å². The van der Waals surface area contributed by atoms with Crippen LogP contribution in [0.5, 0.6) is 5.75 Å². The first-order chi connectivity index (χ1) is 12.6. The average Bonchev–Trinajstić information content (AvgIpc) is 2.64. The van der Waals surface area contributed by atoms with Gasteiger partial charge in [0.05, 0.1) is 5.69 Å². The topological polar surface area (TPSA) is 41.6 Å². The van der Waals surface area contributed by atoms with Gasteiger partial charge in [0.1, 0.15) is 11.6 Å². The van der Waals surface area contributed by atoms with Crippen molar-refractivity contribution in [3.63, 3.8) is 0 Å². The first-order valence-electron chi connectivity index (χ1n) is 8.50. The molecule has 2 aliphatic rings. The summed E-state index contributed by atoms with van der Waals surface area (Å²) in [6.07, 6.45) is 1.10. The number of rotatable bonds is 3. The minimum absolute atomic E-state index is 0.227. The minimum Gasteiger partial charge on any atom is -0.450 e. The van der Waals surface area contributed by atoms with Crippen LogP contribution in [0.2, 0.25) is 0 Å². The van der Waals surface area contributed by atoms with E-state index in [0.29, 0.717) is 11.4 Å². The molecule has 2 aromatic rings. The lowest BCUT2D eigenvalue weighted by Crippen LogP contribution is -2.33. The molecule has 2 heterocycles. The SMILES string of the molecule is O=C1Nc2cc(CN3CC=C(c4ccc(F)cc4)CC3)ccc2OC1F. The molecule has 0 bridgehead atoms. The average molecular weight is 356 g/mol. The molecular formula is C20H18F2N2O2. The molecule has 0 aromatic heterocycles. The molecule has 2 aromatic carbocycles. The van der Waals surface area contributed by atoms with Crippen molar-refractivity contribution >= 4 is 17.2 Å². The number of hydrogen-bond acceptors (Lipinski definition) is 3. The molecule has 2 aliphatic heterocycles. The third-order valence-electron chi connectivity index (χ3n) is 4.65. The largest absolute Gasteiger partial charge is 0.450 e. The highest BCUT2D eigenvalue weighted by Gasteiger charge is 2.27. The quantitative estimate of drug-likeness (QED) is 0.911. The number of ether oxygens (including phenoxy) is 1. The standard InChI is InChI=1S/C20H18F2N2O2/c21-16-4-2-14(3-5-16)15-7-9-24(10-8-15)12-13-1-6-18-17(11-13)23-20(25)19(22)26-18/h1-7,11,19H,8-10,12H2,(H,23,25). The van der Waals surface area contributed by atoms with Crippen molar-refractivity contribution in [3.05, 3.63) is 65.5 Å². The molecule has 0 radical (unpaired) electrons. The lowest BCUT2D eigenvalue weighted by atomic mass is 9.99. The smallest absolute Gasteiger partial charge is 0.317 e. The predicted molar refractivity (Wildman–Crippen MR) is 94.9 cm³/mol. The summed E-state index contributed by atoms with van der Waals surface area (Å²) in [6.45, 7) is 2.39. The van der Waals surface area contributed by atoms with E-state index in [9.17, 15) is 13.6 Å². The lowest BCUT2D eigenvalue weighted by molar-refractivity contribution is -0.130. The third kappa shape index (κ3) is 3.46. The van der Waals surface area contributed by atoms with Gasteiger partial charge in [-0.1, -0.05) is 24.3 Å². The van der Waals surface area contributed by atoms with Crippen LogP contribution < -0.4 is 10.1 Å². The van der Waals surface area contributed by atoms with E-state index in [0.717, 1.165) is 37.2 Å². The van der Waals surface area contributed by atoms with Gasteiger partial charge in [0.25, 0.3) is 5.91 Å². The Morgan fingerprint density at radius 3 is 2.73 bits per heavy atom. The zero-order valence-electron chi connectivity index (χ0n) is 14.0. The number of nitrogens with one attached hydrogen (secondary N) is 1. The number of amides is 1. The summed E-state index contributed by atoms with van der Waals surface area (Å²) in [7, 11) is 0. The van der Waals surface area contributed by atoms with Crippen molar-refractivity contribution < 1.29 is 18.3 Å². The highest BCUT2D eigenvalue weighted by atomic mass is 19.1. The molecule has 0 saturated heterocycles. The number of alkyl halides is 1. The normalized spacial score (nSPS) is 20.0. The molecular weight excluding hydrogens is 338 g/mol. The molecule has 26 heavy (non-hydrogen) atoms. The van der Waals surface area contributed by atoms with E-state index in [1.54, 1.807) is 18.2 Å². The van der Waals surface area contributed by atoms with Gasteiger partial charge in [0.15, 0.2) is 0 Å². The maximum atomic E-state index is 13.3. The number of hydrogen-bond donors (Lipinski definition) is 1. The van der Waals surface area contributed by atoms with Crippen LogP contribution in [0.1, 0.15) is 17.5 Å². The fourth-order valence-corrected chi connectivity index (χ4v) is 3.27. The fraction of sp³-hybridized carbons (Fsp3) is 0.250. The number of anilines is 1. The Hall–Kier alpha value is -2.73. The number of benzene rings is 2. The molecule has 4 rings (SSSR count). The summed E-state index contributed by atoms with van der Waals surface area (Å²) in [5.41, 5.74) is 3.80. The predicted octanol–water partition coefficient (Wildman–Crippen LogP) is 3.74. The highest BCUT2D eigenvalue weighted by Crippen LogP contribution is 2.31. The Morgan fingerprint density at radius 1 is 1.19 bits per heavy atom. The van der Waals surface area contributed by atoms with Crippen LogP contribution in [0.3, 0.4) is 0 Å². The Labute approximate surface area is 150 Å². The van der Waals surface area contributed by atoms with E-state index in [1.807, 2.05) is 12.1 Å². The van der Waals surface area contributed by atoms with Crippen molar-refractivity contribution in [2.75, 3.05) is 18.4 Å². The zero-order valence-corrected chi connectivity index (χ0v) is 14.0. The number of carbonyl (C=O) groups excluding carboxylic acids is 1. The van der Waals surface area contributed by atoms with Gasteiger partial charge in [0.2, 0.25) is 0 Å². The second-order valence-corrected chi connectivity index (χ2v) is 6.48. The van der Waals surface area contributed by atoms with Gasteiger partial charge in [-0.2, -0.15) is 4.39 Å². The second kappa shape index (κ2) is 6.88. The van der Waals surface area contributed by atoms with Gasteiger partial charge >= 0.3 is 6.36 Å². The summed E-state index contributed by atoms with van der Waals surface area (Å²) in [5.74, 6) is -0.660. The number of nitrogens with zero attached hydrogens (tertiary/aromatic N) is 1. The molecule has 1 atom stereocenters. The van der Waals surface area contributed by atoms with E-state index in [-0.39, 0.29) is 5.82 Å². The molecule has 4 nitrogen and oxygen atoms in total. The summed E-state index contributed by atoms with van der Waals surface area (Å²) in [4.78, 5) is 13.7. The maximum Gasteiger partial charge on any atom is 0.317 e. The summed E-state index contributed by atoms with van der Waals surface area (Å²) < 4.78 is 31.2. The van der Waals surface area contributed by atoms with Crippen molar-refractivity contribution in [2.24, 2.45) is 0 Å². The lowest BCUT2D eigenvalue weighted by Gasteiger charge is -2.27. The first kappa shape index (κ1) is 16.7. The van der Waals surface area contributed by atoms with Gasteiger partial charge in [0, 0.05) is 19.6 Å². The van der Waals surface area contributed by atoms with Crippen LogP contribution >= 0.6 is 0 Å². The highest BCUT2D eigenvalue weighted by molar-refractivity contribution is 5.96. The van der Waals surface area contributed by atoms with Gasteiger partial charge in [-0.25, -0.2) is 4.39 Å². The summed E-state index contributed by atoms with van der Waals surface area (Å²) in [5, 5.41) is 2.52. The summed E-state index contributed by atoms with van der Waals surface area (Å²) in [6, 6.07) is 11.9. The molecule has 0 spiro atoms. The van der Waals surface area contributed by atoms with E-state index < -0.39 is 12.3 Å². The molecule has 0 fully saturated rings. The van der Waals surface area contributed by atoms with Crippen LogP contribution in [0.15, 0.2) is 48.5 Å². The maximum absolute atomic E-state index is 13.3. The van der Waals surface area contributed by atoms with E-state index in [4.69, 9.17) is 4.74 Å². The van der Waals surface area contributed by atoms with E-state index in [2.05, 4.69) is 16.3 Å². The zero-order chi connectivity index (χ0) is 18.1. The van der Waals surface area contributed by atoms with Crippen LogP contribution in [0.25, 0.3) is 5.57 Å². The number of halogens is 2. The Morgan fingerprint density at radius 2 is 2.00 bits per heavy atom. The molecule has 134 valence electrons. The third-order valence-corrected chi connectivity index (χ3v) is 4.65. The molecule has 0 saturated carbocycles. The van der Waals surface area contributed by atoms with Crippen LogP contribution in [-0.2, 0) is 11.3 Å². The second-order valence-electron chi connectivity index (χ2n) is 6.48. The molecule has 1 unspecified atom stereocenters. The van der Waals surface area contributed by atoms with Gasteiger partial charge in [-0.3, -0.25) is 9.69 Å².